The topological polar surface area (TPSA) is 26.3 Å². The van der Waals surface area contributed by atoms with E-state index in [2.05, 4.69) is 104 Å². The molecule has 3 heteroatoms. The summed E-state index contributed by atoms with van der Waals surface area (Å²) in [5.41, 5.74) is 2.01. The van der Waals surface area contributed by atoms with Gasteiger partial charge in [0.25, 0.3) is 0 Å². The molecule has 3 rings (SSSR count). The van der Waals surface area contributed by atoms with Gasteiger partial charge < -0.3 is 4.74 Å². The Labute approximate surface area is 193 Å². The number of methoxy groups -OCH3 is 1. The maximum atomic E-state index is 11.6. The molecule has 0 amide bonds. The van der Waals surface area contributed by atoms with Crippen molar-refractivity contribution in [1.29, 1.82) is 0 Å². The first-order valence-corrected chi connectivity index (χ1v) is 13.0. The van der Waals surface area contributed by atoms with Gasteiger partial charge in [0.2, 0.25) is 0 Å². The highest BCUT2D eigenvalue weighted by molar-refractivity contribution is 7.95. The largest absolute Gasteiger partial charge is 0.466 e. The third-order valence-electron chi connectivity index (χ3n) is 5.80. The number of hydrogen-bond acceptors (Lipinski definition) is 2. The van der Waals surface area contributed by atoms with E-state index in [9.17, 15) is 4.79 Å². The summed E-state index contributed by atoms with van der Waals surface area (Å²) in [5.74, 6) is -0.256. The first-order valence-electron chi connectivity index (χ1n) is 11.0. The van der Waals surface area contributed by atoms with Gasteiger partial charge in [-0.05, 0) is 69.2 Å². The molecule has 164 valence electrons. The lowest BCUT2D eigenvalue weighted by molar-refractivity contribution is -0.136. The molecule has 0 bridgehead atoms. The molecule has 0 N–H and O–H groups in total. The second-order valence-corrected chi connectivity index (χ2v) is 11.5. The Hall–Kier alpha value is -2.96. The van der Waals surface area contributed by atoms with Crippen molar-refractivity contribution in [2.45, 2.75) is 26.7 Å². The summed E-state index contributed by atoms with van der Waals surface area (Å²) in [7, 11) is -0.423. The number of rotatable bonds is 9. The second-order valence-electron chi connectivity index (χ2n) is 7.97. The maximum Gasteiger partial charge on any atom is 0.333 e. The molecular formula is C29H32O2P+. The molecule has 0 aliphatic rings. The van der Waals surface area contributed by atoms with Crippen LogP contribution in [-0.2, 0) is 9.53 Å². The lowest BCUT2D eigenvalue weighted by Crippen LogP contribution is -2.33. The normalized spacial score (nSPS) is 12.5. The van der Waals surface area contributed by atoms with Crippen molar-refractivity contribution in [3.8, 4) is 0 Å². The molecular weight excluding hydrogens is 411 g/mol. The Morgan fingerprint density at radius 3 is 1.59 bits per heavy atom. The van der Waals surface area contributed by atoms with E-state index >= 15 is 0 Å². The molecule has 32 heavy (non-hydrogen) atoms. The van der Waals surface area contributed by atoms with Gasteiger partial charge in [-0.25, -0.2) is 4.79 Å². The average Bonchev–Trinajstić information content (AvgIpc) is 2.86. The van der Waals surface area contributed by atoms with E-state index in [0.29, 0.717) is 5.57 Å². The quantitative estimate of drug-likeness (QED) is 0.180. The zero-order valence-electron chi connectivity index (χ0n) is 19.2. The summed E-state index contributed by atoms with van der Waals surface area (Å²) >= 11 is 0. The Bertz CT molecular complexity index is 957. The standard InChI is InChI=1S/C29H32O2P/c1-24(14-13-15-25(2)29(30)31-3)22-23-32(26-16-7-4-8-17-26,27-18-9-5-10-19-27)28-20-11-6-12-21-28/h4-12,15-22H,13-14,23H2,1-3H3/q+1. The number of carbonyl (C=O) groups is 1. The Morgan fingerprint density at radius 1 is 0.750 bits per heavy atom. The van der Waals surface area contributed by atoms with E-state index in [0.717, 1.165) is 19.0 Å². The van der Waals surface area contributed by atoms with Crippen LogP contribution in [0.2, 0.25) is 0 Å². The molecule has 2 nitrogen and oxygen atoms in total. The van der Waals surface area contributed by atoms with E-state index in [1.807, 2.05) is 13.0 Å². The molecule has 0 atom stereocenters. The summed E-state index contributed by atoms with van der Waals surface area (Å²) in [4.78, 5) is 11.6. The molecule has 0 fully saturated rings. The highest BCUT2D eigenvalue weighted by Gasteiger charge is 2.44. The highest BCUT2D eigenvalue weighted by atomic mass is 31.2. The van der Waals surface area contributed by atoms with E-state index in [-0.39, 0.29) is 5.97 Å². The molecule has 0 aliphatic carbocycles. The summed E-state index contributed by atoms with van der Waals surface area (Å²) < 4.78 is 4.79. The molecule has 0 saturated carbocycles. The zero-order valence-corrected chi connectivity index (χ0v) is 20.1. The Morgan fingerprint density at radius 2 is 1.19 bits per heavy atom. The molecule has 3 aromatic carbocycles. The van der Waals surface area contributed by atoms with E-state index in [1.54, 1.807) is 0 Å². The van der Waals surface area contributed by atoms with Gasteiger partial charge in [0.05, 0.1) is 13.3 Å². The fourth-order valence-electron chi connectivity index (χ4n) is 3.97. The highest BCUT2D eigenvalue weighted by Crippen LogP contribution is 2.55. The van der Waals surface area contributed by atoms with Gasteiger partial charge in [-0.2, -0.15) is 0 Å². The maximum absolute atomic E-state index is 11.6. The molecule has 0 radical (unpaired) electrons. The van der Waals surface area contributed by atoms with Crippen molar-refractivity contribution in [2.24, 2.45) is 0 Å². The molecule has 0 spiro atoms. The summed E-state index contributed by atoms with van der Waals surface area (Å²) in [5, 5.41) is 4.17. The van der Waals surface area contributed by atoms with Crippen LogP contribution in [0.4, 0.5) is 0 Å². The predicted molar refractivity (Wildman–Crippen MR) is 139 cm³/mol. The molecule has 0 heterocycles. The van der Waals surface area contributed by atoms with Gasteiger partial charge in [-0.15, -0.1) is 0 Å². The van der Waals surface area contributed by atoms with Crippen LogP contribution in [-0.4, -0.2) is 19.2 Å². The van der Waals surface area contributed by atoms with Crippen molar-refractivity contribution >= 4 is 29.1 Å². The smallest absolute Gasteiger partial charge is 0.333 e. The van der Waals surface area contributed by atoms with Gasteiger partial charge in [-0.3, -0.25) is 0 Å². The molecule has 0 aliphatic heterocycles. The van der Waals surface area contributed by atoms with Crippen LogP contribution in [0.15, 0.2) is 114 Å². The molecule has 0 aromatic heterocycles. The summed E-state index contributed by atoms with van der Waals surface area (Å²) in [6, 6.07) is 32.8. The van der Waals surface area contributed by atoms with E-state index in [1.165, 1.54) is 28.6 Å². The first-order chi connectivity index (χ1) is 15.6. The number of carbonyl (C=O) groups excluding carboxylic acids is 1. The SMILES string of the molecule is COC(=O)C(C)=CCCC(C)=CC[P+](c1ccccc1)(c1ccccc1)c1ccccc1. The third kappa shape index (κ3) is 5.64. The van der Waals surface area contributed by atoms with Crippen molar-refractivity contribution < 1.29 is 9.53 Å². The Balaban J connectivity index is 1.98. The zero-order chi connectivity index (χ0) is 22.8. The van der Waals surface area contributed by atoms with E-state index < -0.39 is 7.26 Å². The summed E-state index contributed by atoms with van der Waals surface area (Å²) in [6.07, 6.45) is 7.10. The van der Waals surface area contributed by atoms with Gasteiger partial charge in [-0.1, -0.05) is 66.2 Å². The monoisotopic (exact) mass is 443 g/mol. The number of benzene rings is 3. The van der Waals surface area contributed by atoms with Gasteiger partial charge in [0.1, 0.15) is 23.2 Å². The van der Waals surface area contributed by atoms with Crippen LogP contribution in [0.3, 0.4) is 0 Å². The molecule has 0 unspecified atom stereocenters. The number of allylic oxidation sites excluding steroid dienone is 3. The second kappa shape index (κ2) is 11.6. The van der Waals surface area contributed by atoms with Crippen LogP contribution in [0.5, 0.6) is 0 Å². The van der Waals surface area contributed by atoms with Gasteiger partial charge >= 0.3 is 5.97 Å². The first kappa shape index (κ1) is 23.7. The van der Waals surface area contributed by atoms with Crippen LogP contribution >= 0.6 is 7.26 Å². The lowest BCUT2D eigenvalue weighted by atomic mass is 10.1. The van der Waals surface area contributed by atoms with Crippen molar-refractivity contribution in [3.05, 3.63) is 114 Å². The molecule has 3 aromatic rings. The fraction of sp³-hybridized carbons (Fsp3) is 0.207. The predicted octanol–water partition coefficient (Wildman–Crippen LogP) is 5.83. The van der Waals surface area contributed by atoms with Crippen LogP contribution in [0.1, 0.15) is 26.7 Å². The van der Waals surface area contributed by atoms with Crippen LogP contribution < -0.4 is 15.9 Å². The van der Waals surface area contributed by atoms with Crippen LogP contribution in [0, 0.1) is 0 Å². The summed E-state index contributed by atoms with van der Waals surface area (Å²) in [6.45, 7) is 4.00. The lowest BCUT2D eigenvalue weighted by Gasteiger charge is -2.27. The average molecular weight is 444 g/mol. The number of hydrogen-bond donors (Lipinski definition) is 0. The van der Waals surface area contributed by atoms with Crippen molar-refractivity contribution in [2.75, 3.05) is 13.3 Å². The minimum Gasteiger partial charge on any atom is -0.466 e. The number of ether oxygens (including phenoxy) is 1. The van der Waals surface area contributed by atoms with Gasteiger partial charge in [0, 0.05) is 5.57 Å². The fourth-order valence-corrected chi connectivity index (χ4v) is 8.12. The third-order valence-corrected chi connectivity index (χ3v) is 10.1. The van der Waals surface area contributed by atoms with Crippen molar-refractivity contribution in [3.63, 3.8) is 0 Å². The van der Waals surface area contributed by atoms with Gasteiger partial charge in [0.15, 0.2) is 0 Å². The molecule has 0 saturated heterocycles. The van der Waals surface area contributed by atoms with Crippen molar-refractivity contribution in [1.82, 2.24) is 0 Å². The number of esters is 1. The van der Waals surface area contributed by atoms with Crippen LogP contribution in [0.25, 0.3) is 0 Å². The van der Waals surface area contributed by atoms with E-state index in [4.69, 9.17) is 4.74 Å². The minimum absolute atomic E-state index is 0.256. The Kier molecular flexibility index (Phi) is 8.59. The minimum atomic E-state index is -1.84.